The van der Waals surface area contributed by atoms with Crippen molar-refractivity contribution in [3.63, 3.8) is 0 Å². The van der Waals surface area contributed by atoms with Crippen molar-refractivity contribution < 1.29 is 24.2 Å². The molecule has 146 valence electrons. The Morgan fingerprint density at radius 2 is 1.86 bits per heavy atom. The van der Waals surface area contributed by atoms with Crippen LogP contribution in [-0.4, -0.2) is 35.3 Å². The van der Waals surface area contributed by atoms with Crippen LogP contribution in [-0.2, 0) is 27.3 Å². The van der Waals surface area contributed by atoms with Crippen LogP contribution in [0.3, 0.4) is 0 Å². The molecule has 3 aromatic rings. The Morgan fingerprint density at radius 3 is 2.50 bits per heavy atom. The highest BCUT2D eigenvalue weighted by Crippen LogP contribution is 2.31. The van der Waals surface area contributed by atoms with Crippen LogP contribution < -0.4 is 4.74 Å². The predicted octanol–water partition coefficient (Wildman–Crippen LogP) is 3.83. The fourth-order valence-corrected chi connectivity index (χ4v) is 3.32. The summed E-state index contributed by atoms with van der Waals surface area (Å²) >= 11 is 5.97. The lowest BCUT2D eigenvalue weighted by Crippen LogP contribution is -2.15. The topological polar surface area (TPSA) is 77.8 Å². The van der Waals surface area contributed by atoms with Gasteiger partial charge in [0.05, 0.1) is 13.5 Å². The summed E-state index contributed by atoms with van der Waals surface area (Å²) in [5, 5.41) is 10.2. The lowest BCUT2D eigenvalue weighted by atomic mass is 10.1. The number of aromatic nitrogens is 1. The fraction of sp³-hybridized carbons (Fsp3) is 0.238. The van der Waals surface area contributed by atoms with Gasteiger partial charge in [0, 0.05) is 28.2 Å². The molecule has 0 aliphatic carbocycles. The molecule has 2 aromatic carbocycles. The number of carbonyl (C=O) groups is 2. The zero-order chi connectivity index (χ0) is 20.3. The Balaban J connectivity index is 2.01. The molecule has 1 N–H and O–H groups in total. The Bertz CT molecular complexity index is 1020. The van der Waals surface area contributed by atoms with Crippen LogP contribution in [0.4, 0.5) is 0 Å². The molecule has 0 aliphatic rings. The Morgan fingerprint density at radius 1 is 1.14 bits per heavy atom. The monoisotopic (exact) mass is 401 g/mol. The number of esters is 1. The number of methoxy groups -OCH3 is 1. The first-order valence-corrected chi connectivity index (χ1v) is 9.04. The van der Waals surface area contributed by atoms with Gasteiger partial charge in [-0.3, -0.25) is 4.79 Å². The first kappa shape index (κ1) is 19.8. The molecule has 0 atom stereocenters. The van der Waals surface area contributed by atoms with Gasteiger partial charge in [0.2, 0.25) is 0 Å². The van der Waals surface area contributed by atoms with Crippen molar-refractivity contribution in [1.29, 1.82) is 0 Å². The van der Waals surface area contributed by atoms with Gasteiger partial charge in [-0.2, -0.15) is 0 Å². The normalized spacial score (nSPS) is 10.8. The van der Waals surface area contributed by atoms with E-state index < -0.39 is 18.5 Å². The molecule has 1 heterocycles. The largest absolute Gasteiger partial charge is 0.497 e. The number of hydrogen-bond donors (Lipinski definition) is 1. The lowest BCUT2D eigenvalue weighted by Gasteiger charge is -2.09. The van der Waals surface area contributed by atoms with Crippen LogP contribution in [0.15, 0.2) is 42.5 Å². The number of halogens is 1. The van der Waals surface area contributed by atoms with Gasteiger partial charge < -0.3 is 19.1 Å². The Hall–Kier alpha value is -2.99. The molecule has 0 bridgehead atoms. The summed E-state index contributed by atoms with van der Waals surface area (Å²) in [6, 6.07) is 13.3. The maximum Gasteiger partial charge on any atom is 0.341 e. The van der Waals surface area contributed by atoms with Crippen molar-refractivity contribution in [2.24, 2.45) is 0 Å². The zero-order valence-electron chi connectivity index (χ0n) is 15.6. The van der Waals surface area contributed by atoms with Gasteiger partial charge in [0.1, 0.15) is 5.75 Å². The minimum atomic E-state index is -1.18. The number of ether oxygens (including phenoxy) is 2. The van der Waals surface area contributed by atoms with E-state index in [1.807, 2.05) is 49.4 Å². The van der Waals surface area contributed by atoms with Gasteiger partial charge >= 0.3 is 11.9 Å². The summed E-state index contributed by atoms with van der Waals surface area (Å²) in [7, 11) is 1.58. The SMILES string of the molecule is COc1ccc2c(c1)c(CC(=O)OCC(=O)O)c(C)n2Cc1ccc(Cl)cc1. The average Bonchev–Trinajstić information content (AvgIpc) is 2.93. The number of rotatable bonds is 7. The van der Waals surface area contributed by atoms with E-state index in [1.54, 1.807) is 7.11 Å². The molecule has 7 heteroatoms. The number of fused-ring (bicyclic) bond motifs is 1. The van der Waals surface area contributed by atoms with Crippen LogP contribution in [0.1, 0.15) is 16.8 Å². The van der Waals surface area contributed by atoms with E-state index in [4.69, 9.17) is 26.2 Å². The number of hydrogen-bond acceptors (Lipinski definition) is 4. The van der Waals surface area contributed by atoms with Gasteiger partial charge in [-0.15, -0.1) is 0 Å². The van der Waals surface area contributed by atoms with E-state index in [1.165, 1.54) is 0 Å². The van der Waals surface area contributed by atoms with Crippen molar-refractivity contribution in [2.45, 2.75) is 19.9 Å². The molecule has 6 nitrogen and oxygen atoms in total. The molecule has 0 aliphatic heterocycles. The minimum Gasteiger partial charge on any atom is -0.497 e. The molecule has 0 fully saturated rings. The van der Waals surface area contributed by atoms with Crippen molar-refractivity contribution in [3.8, 4) is 5.75 Å². The van der Waals surface area contributed by atoms with E-state index >= 15 is 0 Å². The summed E-state index contributed by atoms with van der Waals surface area (Å²) in [5.41, 5.74) is 3.72. The van der Waals surface area contributed by atoms with Crippen LogP contribution in [0.5, 0.6) is 5.75 Å². The standard InChI is InChI=1S/C21H20ClNO5/c1-13-17(10-21(26)28-12-20(24)25)18-9-16(27-2)7-8-19(18)23(13)11-14-3-5-15(22)6-4-14/h3-9H,10-12H2,1-2H3,(H,24,25). The Labute approximate surface area is 167 Å². The maximum atomic E-state index is 12.1. The van der Waals surface area contributed by atoms with E-state index in [0.29, 0.717) is 17.3 Å². The molecule has 28 heavy (non-hydrogen) atoms. The van der Waals surface area contributed by atoms with Gasteiger partial charge in [0.15, 0.2) is 6.61 Å². The molecule has 1 aromatic heterocycles. The molecule has 0 radical (unpaired) electrons. The van der Waals surface area contributed by atoms with Gasteiger partial charge in [-0.1, -0.05) is 23.7 Å². The minimum absolute atomic E-state index is 0.0175. The number of nitrogens with zero attached hydrogens (tertiary/aromatic N) is 1. The van der Waals surface area contributed by atoms with Crippen LogP contribution >= 0.6 is 11.6 Å². The highest BCUT2D eigenvalue weighted by molar-refractivity contribution is 6.30. The van der Waals surface area contributed by atoms with Crippen molar-refractivity contribution >= 4 is 34.4 Å². The van der Waals surface area contributed by atoms with Gasteiger partial charge in [0.25, 0.3) is 0 Å². The fourth-order valence-electron chi connectivity index (χ4n) is 3.19. The number of carbonyl (C=O) groups excluding carboxylic acids is 1. The second kappa shape index (κ2) is 8.35. The van der Waals surface area contributed by atoms with Crippen molar-refractivity contribution in [1.82, 2.24) is 4.57 Å². The number of aliphatic carboxylic acids is 1. The van der Waals surface area contributed by atoms with Crippen molar-refractivity contribution in [3.05, 3.63) is 64.3 Å². The average molecular weight is 402 g/mol. The number of carboxylic acid groups (broad SMARTS) is 1. The Kier molecular flexibility index (Phi) is 5.90. The quantitative estimate of drug-likeness (QED) is 0.609. The smallest absolute Gasteiger partial charge is 0.341 e. The zero-order valence-corrected chi connectivity index (χ0v) is 16.3. The predicted molar refractivity (Wildman–Crippen MR) is 106 cm³/mol. The maximum absolute atomic E-state index is 12.1. The van der Waals surface area contributed by atoms with Crippen LogP contribution in [0, 0.1) is 6.92 Å². The van der Waals surface area contributed by atoms with Gasteiger partial charge in [-0.05, 0) is 48.4 Å². The molecular weight excluding hydrogens is 382 g/mol. The van der Waals surface area contributed by atoms with E-state index in [9.17, 15) is 9.59 Å². The van der Waals surface area contributed by atoms with Gasteiger partial charge in [-0.25, -0.2) is 4.79 Å². The molecule has 0 spiro atoms. The molecule has 0 saturated heterocycles. The third kappa shape index (κ3) is 4.28. The molecule has 3 rings (SSSR count). The van der Waals surface area contributed by atoms with E-state index in [0.717, 1.165) is 27.7 Å². The summed E-state index contributed by atoms with van der Waals surface area (Å²) in [4.78, 5) is 22.8. The first-order valence-electron chi connectivity index (χ1n) is 8.66. The third-order valence-electron chi connectivity index (χ3n) is 4.59. The second-order valence-electron chi connectivity index (χ2n) is 6.39. The summed E-state index contributed by atoms with van der Waals surface area (Å²) < 4.78 is 12.2. The van der Waals surface area contributed by atoms with Crippen LogP contribution in [0.25, 0.3) is 10.9 Å². The van der Waals surface area contributed by atoms with Crippen molar-refractivity contribution in [2.75, 3.05) is 13.7 Å². The van der Waals surface area contributed by atoms with E-state index in [2.05, 4.69) is 4.57 Å². The second-order valence-corrected chi connectivity index (χ2v) is 6.83. The lowest BCUT2D eigenvalue weighted by molar-refractivity contribution is -0.154. The van der Waals surface area contributed by atoms with E-state index in [-0.39, 0.29) is 6.42 Å². The third-order valence-corrected chi connectivity index (χ3v) is 4.84. The summed E-state index contributed by atoms with van der Waals surface area (Å²) in [6.07, 6.45) is -0.0175. The number of benzene rings is 2. The molecule has 0 amide bonds. The number of carboxylic acids is 1. The van der Waals surface area contributed by atoms with Crippen LogP contribution in [0.2, 0.25) is 5.02 Å². The molecular formula is C21H20ClNO5. The molecule has 0 saturated carbocycles. The summed E-state index contributed by atoms with van der Waals surface area (Å²) in [6.45, 7) is 1.89. The first-order chi connectivity index (χ1) is 13.4. The summed E-state index contributed by atoms with van der Waals surface area (Å²) in [5.74, 6) is -1.09. The highest BCUT2D eigenvalue weighted by atomic mass is 35.5. The molecule has 0 unspecified atom stereocenters. The highest BCUT2D eigenvalue weighted by Gasteiger charge is 2.19.